The number of anilines is 1. The number of hydrogen-bond acceptors (Lipinski definition) is 5. The summed E-state index contributed by atoms with van der Waals surface area (Å²) in [5.74, 6) is -0.383. The fraction of sp³-hybridized carbons (Fsp3) is 0.229. The van der Waals surface area contributed by atoms with E-state index in [1.54, 1.807) is 25.7 Å². The largest absolute Gasteiger partial charge is 0.444 e. The molecule has 2 amide bonds. The van der Waals surface area contributed by atoms with Gasteiger partial charge in [-0.15, -0.1) is 0 Å². The highest BCUT2D eigenvalue weighted by Crippen LogP contribution is 2.60. The standard InChI is InChI=1S/C35H31BrN2O4S/c1-33(2,3)42-32(41)37-35(26-13-7-9-15-28(26)38(30(35)39)22-24-11-5-4-6-12-24)34(21-23-17-19-25(36)20-18-23)27-14-8-10-16-29(27)43-31(34)40/h4-20H,21-22H2,1-3H3,(H,37,41)/t34-,35-/m0/s1. The average Bonchev–Trinajstić information content (AvgIpc) is 3.38. The van der Waals surface area contributed by atoms with Gasteiger partial charge in [0, 0.05) is 14.9 Å². The van der Waals surface area contributed by atoms with Gasteiger partial charge < -0.3 is 15.0 Å². The SMILES string of the molecule is CC(C)(C)OC(=O)N[C@]1([C@]2(Cc3ccc(Br)cc3)C(=O)Sc3ccccc32)C(=O)N(Cc2ccccc2)c2ccccc21. The van der Waals surface area contributed by atoms with Crippen LogP contribution >= 0.6 is 27.7 Å². The first-order chi connectivity index (χ1) is 20.5. The van der Waals surface area contributed by atoms with Crippen molar-refractivity contribution in [2.24, 2.45) is 0 Å². The van der Waals surface area contributed by atoms with E-state index in [0.29, 0.717) is 16.8 Å². The van der Waals surface area contributed by atoms with E-state index in [4.69, 9.17) is 4.74 Å². The number of carbonyl (C=O) groups excluding carboxylic acids is 3. The molecule has 43 heavy (non-hydrogen) atoms. The van der Waals surface area contributed by atoms with Gasteiger partial charge in [0.05, 0.1) is 12.2 Å². The quantitative estimate of drug-likeness (QED) is 0.233. The van der Waals surface area contributed by atoms with Gasteiger partial charge in [0.2, 0.25) is 5.12 Å². The fourth-order valence-electron chi connectivity index (χ4n) is 6.24. The molecule has 6 rings (SSSR count). The summed E-state index contributed by atoms with van der Waals surface area (Å²) in [6.07, 6.45) is -0.590. The second-order valence-electron chi connectivity index (χ2n) is 11.9. The van der Waals surface area contributed by atoms with Gasteiger partial charge in [-0.25, -0.2) is 4.79 Å². The Bertz CT molecular complexity index is 1720. The van der Waals surface area contributed by atoms with E-state index in [2.05, 4.69) is 21.2 Å². The molecule has 218 valence electrons. The molecule has 2 heterocycles. The average molecular weight is 656 g/mol. The number of fused-ring (bicyclic) bond motifs is 2. The van der Waals surface area contributed by atoms with Crippen LogP contribution in [0.1, 0.15) is 43.0 Å². The molecule has 4 aromatic rings. The Morgan fingerprint density at radius 2 is 1.47 bits per heavy atom. The molecule has 0 bridgehead atoms. The third-order valence-electron chi connectivity index (χ3n) is 7.96. The van der Waals surface area contributed by atoms with Crippen molar-refractivity contribution in [2.45, 2.75) is 55.2 Å². The van der Waals surface area contributed by atoms with Gasteiger partial charge >= 0.3 is 6.09 Å². The van der Waals surface area contributed by atoms with E-state index >= 15 is 4.79 Å². The monoisotopic (exact) mass is 654 g/mol. The molecule has 8 heteroatoms. The second-order valence-corrected chi connectivity index (χ2v) is 13.8. The van der Waals surface area contributed by atoms with E-state index < -0.39 is 22.6 Å². The zero-order valence-corrected chi connectivity index (χ0v) is 26.5. The smallest absolute Gasteiger partial charge is 0.408 e. The minimum absolute atomic E-state index is 0.179. The van der Waals surface area contributed by atoms with Crippen LogP contribution in [0.3, 0.4) is 0 Å². The number of hydrogen-bond donors (Lipinski definition) is 1. The van der Waals surface area contributed by atoms with E-state index in [-0.39, 0.29) is 24.0 Å². The van der Waals surface area contributed by atoms with Crippen LogP contribution in [0.2, 0.25) is 0 Å². The zero-order chi connectivity index (χ0) is 30.4. The minimum Gasteiger partial charge on any atom is -0.444 e. The molecule has 2 aliphatic heterocycles. The van der Waals surface area contributed by atoms with E-state index in [1.165, 1.54) is 0 Å². The first-order valence-electron chi connectivity index (χ1n) is 14.1. The number of benzene rings is 4. The van der Waals surface area contributed by atoms with Crippen molar-refractivity contribution < 1.29 is 19.1 Å². The predicted octanol–water partition coefficient (Wildman–Crippen LogP) is 7.53. The van der Waals surface area contributed by atoms with Crippen LogP contribution in [0.15, 0.2) is 112 Å². The Morgan fingerprint density at radius 1 is 0.837 bits per heavy atom. The second kappa shape index (κ2) is 11.0. The lowest BCUT2D eigenvalue weighted by Gasteiger charge is -2.45. The maximum Gasteiger partial charge on any atom is 0.408 e. The molecule has 0 unspecified atom stereocenters. The van der Waals surface area contributed by atoms with Crippen molar-refractivity contribution >= 4 is 50.5 Å². The lowest BCUT2D eigenvalue weighted by atomic mass is 9.60. The highest BCUT2D eigenvalue weighted by Gasteiger charge is 2.70. The molecule has 0 saturated heterocycles. The van der Waals surface area contributed by atoms with Gasteiger partial charge in [0.1, 0.15) is 11.0 Å². The van der Waals surface area contributed by atoms with Crippen molar-refractivity contribution in [2.75, 3.05) is 4.90 Å². The van der Waals surface area contributed by atoms with Crippen LogP contribution in [0, 0.1) is 0 Å². The number of thioether (sulfide) groups is 1. The van der Waals surface area contributed by atoms with E-state index in [0.717, 1.165) is 32.3 Å². The summed E-state index contributed by atoms with van der Waals surface area (Å²) in [6.45, 7) is 5.59. The van der Waals surface area contributed by atoms with E-state index in [1.807, 2.05) is 103 Å². The summed E-state index contributed by atoms with van der Waals surface area (Å²) in [7, 11) is 0. The molecule has 1 N–H and O–H groups in total. The van der Waals surface area contributed by atoms with Crippen molar-refractivity contribution in [3.63, 3.8) is 0 Å². The number of alkyl carbamates (subject to hydrolysis) is 1. The van der Waals surface area contributed by atoms with Crippen molar-refractivity contribution in [3.05, 3.63) is 130 Å². The Morgan fingerprint density at radius 3 is 2.16 bits per heavy atom. The van der Waals surface area contributed by atoms with Crippen LogP contribution in [0.4, 0.5) is 10.5 Å². The molecular formula is C35H31BrN2O4S. The Kier molecular flexibility index (Phi) is 7.47. The van der Waals surface area contributed by atoms with Gasteiger partial charge in [0.15, 0.2) is 5.54 Å². The Labute approximate surface area is 264 Å². The molecule has 0 aromatic heterocycles. The maximum atomic E-state index is 15.3. The molecule has 0 radical (unpaired) electrons. The minimum atomic E-state index is -1.80. The maximum absolute atomic E-state index is 15.3. The van der Waals surface area contributed by atoms with Crippen molar-refractivity contribution in [1.82, 2.24) is 5.32 Å². The number of halogens is 1. The van der Waals surface area contributed by atoms with Crippen LogP contribution in [0.25, 0.3) is 0 Å². The highest BCUT2D eigenvalue weighted by molar-refractivity contribution is 9.10. The zero-order valence-electron chi connectivity index (χ0n) is 24.1. The van der Waals surface area contributed by atoms with Gasteiger partial charge in [-0.05, 0) is 68.1 Å². The summed E-state index contributed by atoms with van der Waals surface area (Å²) in [4.78, 5) is 46.2. The van der Waals surface area contributed by atoms with Crippen molar-refractivity contribution in [1.29, 1.82) is 0 Å². The lowest BCUT2D eigenvalue weighted by Crippen LogP contribution is -2.67. The number of rotatable bonds is 6. The molecule has 0 spiro atoms. The van der Waals surface area contributed by atoms with Gasteiger partial charge in [0.25, 0.3) is 5.91 Å². The number of nitrogens with one attached hydrogen (secondary N) is 1. The number of amides is 2. The molecule has 4 aromatic carbocycles. The molecule has 0 saturated carbocycles. The lowest BCUT2D eigenvalue weighted by molar-refractivity contribution is -0.133. The van der Waals surface area contributed by atoms with Gasteiger partial charge in [-0.3, -0.25) is 9.59 Å². The molecule has 0 aliphatic carbocycles. The number of ether oxygens (including phenoxy) is 1. The topological polar surface area (TPSA) is 75.7 Å². The summed E-state index contributed by atoms with van der Waals surface area (Å²) >= 11 is 4.63. The van der Waals surface area contributed by atoms with Gasteiger partial charge in [-0.2, -0.15) is 0 Å². The third-order valence-corrected chi connectivity index (χ3v) is 9.60. The number of nitrogens with zero attached hydrogens (tertiary/aromatic N) is 1. The summed E-state index contributed by atoms with van der Waals surface area (Å²) in [6, 6.07) is 32.4. The highest BCUT2D eigenvalue weighted by atomic mass is 79.9. The molecule has 0 fully saturated rings. The number of carbonyl (C=O) groups is 3. The fourth-order valence-corrected chi connectivity index (χ4v) is 7.71. The molecule has 2 atom stereocenters. The van der Waals surface area contributed by atoms with Crippen LogP contribution in [-0.4, -0.2) is 22.7 Å². The first kappa shape index (κ1) is 29.2. The van der Waals surface area contributed by atoms with Crippen LogP contribution < -0.4 is 10.2 Å². The summed E-state index contributed by atoms with van der Waals surface area (Å²) in [5, 5.41) is 2.85. The first-order valence-corrected chi connectivity index (χ1v) is 15.7. The third kappa shape index (κ3) is 4.96. The number of para-hydroxylation sites is 1. The predicted molar refractivity (Wildman–Crippen MR) is 172 cm³/mol. The van der Waals surface area contributed by atoms with Crippen LogP contribution in [-0.2, 0) is 38.2 Å². The summed E-state index contributed by atoms with van der Waals surface area (Å²) < 4.78 is 6.69. The van der Waals surface area contributed by atoms with Crippen molar-refractivity contribution in [3.8, 4) is 0 Å². The molecule has 2 aliphatic rings. The normalized spacial score (nSPS) is 21.0. The summed E-state index contributed by atoms with van der Waals surface area (Å²) in [5.41, 5.74) is -0.439. The molecule has 6 nitrogen and oxygen atoms in total. The van der Waals surface area contributed by atoms with E-state index in [9.17, 15) is 9.59 Å². The molecular weight excluding hydrogens is 624 g/mol. The van der Waals surface area contributed by atoms with Crippen LogP contribution in [0.5, 0.6) is 0 Å². The Balaban J connectivity index is 1.64. The Hall–Kier alpha value is -3.88. The van der Waals surface area contributed by atoms with Gasteiger partial charge in [-0.1, -0.05) is 107 Å².